The Morgan fingerprint density at radius 3 is 2.31 bits per heavy atom. The molecule has 0 radical (unpaired) electrons. The van der Waals surface area contributed by atoms with E-state index in [1.54, 1.807) is 6.92 Å². The first-order valence-corrected chi connectivity index (χ1v) is 4.26. The molecule has 1 unspecified atom stereocenters. The van der Waals surface area contributed by atoms with Crippen LogP contribution in [-0.4, -0.2) is 46.3 Å². The summed E-state index contributed by atoms with van der Waals surface area (Å²) in [5.74, 6) is -0.786. The van der Waals surface area contributed by atoms with Gasteiger partial charge >= 0.3 is 5.97 Å². The molecule has 1 atom stereocenters. The number of rotatable bonds is 2. The van der Waals surface area contributed by atoms with Crippen molar-refractivity contribution in [3.63, 3.8) is 0 Å². The third-order valence-corrected chi connectivity index (χ3v) is 2.40. The molecular formula is C8H16ClNO3. The monoisotopic (exact) mass is 209 g/mol. The van der Waals surface area contributed by atoms with Crippen molar-refractivity contribution in [3.8, 4) is 0 Å². The Kier molecular flexibility index (Phi) is 5.29. The molecule has 1 aliphatic rings. The summed E-state index contributed by atoms with van der Waals surface area (Å²) in [6.45, 7) is 3.06. The van der Waals surface area contributed by atoms with Crippen molar-refractivity contribution in [2.24, 2.45) is 0 Å². The largest absolute Gasteiger partial charge is 0.480 e. The number of hydrogen-bond acceptors (Lipinski definition) is 3. The highest BCUT2D eigenvalue weighted by Crippen LogP contribution is 2.12. The van der Waals surface area contributed by atoms with E-state index in [-0.39, 0.29) is 18.5 Å². The van der Waals surface area contributed by atoms with Crippen LogP contribution in [0.3, 0.4) is 0 Å². The smallest absolute Gasteiger partial charge is 0.320 e. The number of hydrogen-bond donors (Lipinski definition) is 2. The maximum Gasteiger partial charge on any atom is 0.320 e. The minimum Gasteiger partial charge on any atom is -0.480 e. The van der Waals surface area contributed by atoms with E-state index in [9.17, 15) is 9.90 Å². The van der Waals surface area contributed by atoms with Gasteiger partial charge in [0.15, 0.2) is 0 Å². The molecule has 1 fully saturated rings. The van der Waals surface area contributed by atoms with E-state index in [4.69, 9.17) is 5.11 Å². The molecule has 0 spiro atoms. The lowest BCUT2D eigenvalue weighted by atomic mass is 10.1. The van der Waals surface area contributed by atoms with Crippen LogP contribution in [0.25, 0.3) is 0 Å². The number of aliphatic hydroxyl groups excluding tert-OH is 1. The van der Waals surface area contributed by atoms with Crippen molar-refractivity contribution in [3.05, 3.63) is 0 Å². The molecule has 5 heteroatoms. The number of likely N-dealkylation sites (tertiary alicyclic amines) is 1. The highest BCUT2D eigenvalue weighted by atomic mass is 35.5. The van der Waals surface area contributed by atoms with Gasteiger partial charge in [-0.25, -0.2) is 0 Å². The van der Waals surface area contributed by atoms with Gasteiger partial charge in [-0.1, -0.05) is 0 Å². The van der Waals surface area contributed by atoms with E-state index in [2.05, 4.69) is 0 Å². The van der Waals surface area contributed by atoms with E-state index < -0.39 is 12.0 Å². The predicted molar refractivity (Wildman–Crippen MR) is 51.2 cm³/mol. The van der Waals surface area contributed by atoms with Gasteiger partial charge in [0.05, 0.1) is 6.10 Å². The summed E-state index contributed by atoms with van der Waals surface area (Å²) in [6, 6.07) is -0.419. The van der Waals surface area contributed by atoms with Crippen molar-refractivity contribution in [2.45, 2.75) is 31.9 Å². The molecular weight excluding hydrogens is 194 g/mol. The van der Waals surface area contributed by atoms with Crippen LogP contribution < -0.4 is 0 Å². The summed E-state index contributed by atoms with van der Waals surface area (Å²) in [7, 11) is 0. The fourth-order valence-corrected chi connectivity index (χ4v) is 1.43. The van der Waals surface area contributed by atoms with Crippen molar-refractivity contribution in [1.29, 1.82) is 0 Å². The van der Waals surface area contributed by atoms with Gasteiger partial charge < -0.3 is 10.2 Å². The third-order valence-electron chi connectivity index (χ3n) is 2.40. The molecule has 0 saturated carbocycles. The van der Waals surface area contributed by atoms with Crippen molar-refractivity contribution >= 4 is 18.4 Å². The summed E-state index contributed by atoms with van der Waals surface area (Å²) in [4.78, 5) is 12.5. The topological polar surface area (TPSA) is 60.8 Å². The third kappa shape index (κ3) is 3.50. The average molecular weight is 210 g/mol. The first kappa shape index (κ1) is 12.7. The van der Waals surface area contributed by atoms with E-state index in [1.165, 1.54) is 0 Å². The van der Waals surface area contributed by atoms with Gasteiger partial charge in [-0.2, -0.15) is 0 Å². The van der Waals surface area contributed by atoms with Gasteiger partial charge in [0.25, 0.3) is 0 Å². The molecule has 1 aliphatic heterocycles. The molecule has 0 aromatic carbocycles. The average Bonchev–Trinajstić information content (AvgIpc) is 2.04. The minimum absolute atomic E-state index is 0. The van der Waals surface area contributed by atoms with Gasteiger partial charge in [-0.3, -0.25) is 9.69 Å². The number of aliphatic carboxylic acids is 1. The number of nitrogens with zero attached hydrogens (tertiary/aromatic N) is 1. The van der Waals surface area contributed by atoms with Crippen LogP contribution in [0.4, 0.5) is 0 Å². The van der Waals surface area contributed by atoms with Crippen LogP contribution >= 0.6 is 12.4 Å². The van der Waals surface area contributed by atoms with Crippen molar-refractivity contribution in [1.82, 2.24) is 4.90 Å². The highest BCUT2D eigenvalue weighted by Gasteiger charge is 2.24. The molecule has 0 aromatic heterocycles. The van der Waals surface area contributed by atoms with Crippen molar-refractivity contribution in [2.75, 3.05) is 13.1 Å². The number of carbonyl (C=O) groups is 1. The van der Waals surface area contributed by atoms with Gasteiger partial charge in [-0.05, 0) is 19.8 Å². The minimum atomic E-state index is -0.786. The second kappa shape index (κ2) is 5.42. The highest BCUT2D eigenvalue weighted by molar-refractivity contribution is 5.85. The lowest BCUT2D eigenvalue weighted by molar-refractivity contribution is -0.143. The zero-order valence-corrected chi connectivity index (χ0v) is 8.46. The molecule has 2 N–H and O–H groups in total. The molecule has 0 aliphatic carbocycles. The predicted octanol–water partition coefficient (Wildman–Crippen LogP) is 0.338. The maximum atomic E-state index is 10.6. The Morgan fingerprint density at radius 1 is 1.46 bits per heavy atom. The van der Waals surface area contributed by atoms with E-state index >= 15 is 0 Å². The molecule has 13 heavy (non-hydrogen) atoms. The number of aliphatic hydroxyl groups is 1. The zero-order valence-electron chi connectivity index (χ0n) is 7.64. The first-order chi connectivity index (χ1) is 5.61. The Labute approximate surface area is 84.0 Å². The number of carboxylic acid groups (broad SMARTS) is 1. The molecule has 4 nitrogen and oxygen atoms in total. The standard InChI is InChI=1S/C8H15NO3.ClH/c1-6(8(11)12)9-4-2-7(10)3-5-9;/h6-7,10H,2-5H2,1H3,(H,11,12);1H. The normalized spacial score (nSPS) is 22.0. The first-order valence-electron chi connectivity index (χ1n) is 4.26. The lowest BCUT2D eigenvalue weighted by Gasteiger charge is -2.32. The van der Waals surface area contributed by atoms with Gasteiger partial charge in [0.1, 0.15) is 6.04 Å². The van der Waals surface area contributed by atoms with E-state index in [1.807, 2.05) is 4.90 Å². The fraction of sp³-hybridized carbons (Fsp3) is 0.875. The second-order valence-electron chi connectivity index (χ2n) is 3.28. The quantitative estimate of drug-likeness (QED) is 0.689. The fourth-order valence-electron chi connectivity index (χ4n) is 1.43. The molecule has 1 rings (SSSR count). The lowest BCUT2D eigenvalue weighted by Crippen LogP contribution is -2.45. The Bertz CT molecular complexity index is 169. The number of halogens is 1. The summed E-state index contributed by atoms with van der Waals surface area (Å²) >= 11 is 0. The van der Waals surface area contributed by atoms with Gasteiger partial charge in [0.2, 0.25) is 0 Å². The van der Waals surface area contributed by atoms with Gasteiger partial charge in [-0.15, -0.1) is 12.4 Å². The summed E-state index contributed by atoms with van der Waals surface area (Å²) in [5.41, 5.74) is 0. The van der Waals surface area contributed by atoms with Crippen LogP contribution in [-0.2, 0) is 4.79 Å². The van der Waals surface area contributed by atoms with Gasteiger partial charge in [0, 0.05) is 13.1 Å². The number of carboxylic acids is 1. The van der Waals surface area contributed by atoms with E-state index in [0.717, 1.165) is 0 Å². The Morgan fingerprint density at radius 2 is 1.92 bits per heavy atom. The molecule has 1 heterocycles. The Hall–Kier alpha value is -0.320. The molecule has 0 bridgehead atoms. The van der Waals surface area contributed by atoms with Crippen LogP contribution in [0.1, 0.15) is 19.8 Å². The molecule has 78 valence electrons. The zero-order chi connectivity index (χ0) is 9.14. The molecule has 0 aromatic rings. The summed E-state index contributed by atoms with van der Waals surface area (Å²) in [5, 5.41) is 17.9. The Balaban J connectivity index is 0.00000144. The van der Waals surface area contributed by atoms with Crippen LogP contribution in [0.5, 0.6) is 0 Å². The number of piperidine rings is 1. The molecule has 1 saturated heterocycles. The second-order valence-corrected chi connectivity index (χ2v) is 3.28. The van der Waals surface area contributed by atoms with Crippen LogP contribution in [0.2, 0.25) is 0 Å². The van der Waals surface area contributed by atoms with E-state index in [0.29, 0.717) is 25.9 Å². The van der Waals surface area contributed by atoms with Crippen molar-refractivity contribution < 1.29 is 15.0 Å². The SMILES string of the molecule is CC(C(=O)O)N1CCC(O)CC1.Cl. The van der Waals surface area contributed by atoms with Crippen LogP contribution in [0.15, 0.2) is 0 Å². The maximum absolute atomic E-state index is 10.6. The summed E-state index contributed by atoms with van der Waals surface area (Å²) in [6.07, 6.45) is 1.15. The molecule has 0 amide bonds. The summed E-state index contributed by atoms with van der Waals surface area (Å²) < 4.78 is 0. The van der Waals surface area contributed by atoms with Crippen LogP contribution in [0, 0.1) is 0 Å².